The first-order chi connectivity index (χ1) is 9.66. The van der Waals surface area contributed by atoms with E-state index >= 15 is 0 Å². The SMILES string of the molecule is Cc1ccccc1-c1cc(=O)n(-c2ccccc2C)[nH]1. The van der Waals surface area contributed by atoms with Crippen molar-refractivity contribution in [1.82, 2.24) is 9.78 Å². The topological polar surface area (TPSA) is 37.8 Å². The van der Waals surface area contributed by atoms with Gasteiger partial charge in [0.05, 0.1) is 11.4 Å². The molecule has 1 N–H and O–H groups in total. The molecule has 2 aromatic carbocycles. The largest absolute Gasteiger partial charge is 0.290 e. The Morgan fingerprint density at radius 2 is 1.55 bits per heavy atom. The Hall–Kier alpha value is -2.55. The summed E-state index contributed by atoms with van der Waals surface area (Å²) in [5.74, 6) is 0. The van der Waals surface area contributed by atoms with Crippen LogP contribution >= 0.6 is 0 Å². The van der Waals surface area contributed by atoms with Crippen molar-refractivity contribution in [1.29, 1.82) is 0 Å². The van der Waals surface area contributed by atoms with Gasteiger partial charge in [0.25, 0.3) is 5.56 Å². The van der Waals surface area contributed by atoms with E-state index in [0.29, 0.717) is 0 Å². The highest BCUT2D eigenvalue weighted by Gasteiger charge is 2.09. The third kappa shape index (κ3) is 2.07. The highest BCUT2D eigenvalue weighted by molar-refractivity contribution is 5.63. The average molecular weight is 264 g/mol. The average Bonchev–Trinajstić information content (AvgIpc) is 2.81. The molecule has 0 aliphatic rings. The molecule has 1 aromatic heterocycles. The zero-order chi connectivity index (χ0) is 14.1. The van der Waals surface area contributed by atoms with E-state index in [1.54, 1.807) is 10.7 Å². The molecule has 3 heteroatoms. The summed E-state index contributed by atoms with van der Waals surface area (Å²) in [6, 6.07) is 17.5. The van der Waals surface area contributed by atoms with Gasteiger partial charge >= 0.3 is 0 Å². The number of hydrogen-bond acceptors (Lipinski definition) is 1. The van der Waals surface area contributed by atoms with Gasteiger partial charge in [-0.2, -0.15) is 0 Å². The second-order valence-electron chi connectivity index (χ2n) is 4.94. The van der Waals surface area contributed by atoms with Crippen molar-refractivity contribution >= 4 is 0 Å². The van der Waals surface area contributed by atoms with E-state index in [0.717, 1.165) is 28.1 Å². The first kappa shape index (κ1) is 12.5. The van der Waals surface area contributed by atoms with Gasteiger partial charge in [0.1, 0.15) is 0 Å². The molecule has 3 aromatic rings. The van der Waals surface area contributed by atoms with Gasteiger partial charge in [-0.3, -0.25) is 9.89 Å². The van der Waals surface area contributed by atoms with Crippen molar-refractivity contribution < 1.29 is 0 Å². The molecule has 0 amide bonds. The minimum atomic E-state index is -0.0439. The predicted molar refractivity (Wildman–Crippen MR) is 81.3 cm³/mol. The van der Waals surface area contributed by atoms with Crippen LogP contribution in [0.3, 0.4) is 0 Å². The van der Waals surface area contributed by atoms with E-state index in [-0.39, 0.29) is 5.56 Å². The smallest absolute Gasteiger partial charge is 0.271 e. The molecule has 0 saturated carbocycles. The van der Waals surface area contributed by atoms with E-state index in [9.17, 15) is 4.79 Å². The molecule has 0 fully saturated rings. The molecular formula is C17H16N2O. The zero-order valence-corrected chi connectivity index (χ0v) is 11.6. The van der Waals surface area contributed by atoms with Gasteiger partial charge in [0.2, 0.25) is 0 Å². The summed E-state index contributed by atoms with van der Waals surface area (Å²) >= 11 is 0. The molecule has 3 rings (SSSR count). The van der Waals surface area contributed by atoms with Gasteiger partial charge in [-0.1, -0.05) is 42.5 Å². The summed E-state index contributed by atoms with van der Waals surface area (Å²) in [5.41, 5.74) is 4.95. The maximum absolute atomic E-state index is 12.2. The van der Waals surface area contributed by atoms with Crippen LogP contribution in [0.5, 0.6) is 0 Å². The molecule has 0 bridgehead atoms. The lowest BCUT2D eigenvalue weighted by Gasteiger charge is -2.06. The minimum absolute atomic E-state index is 0.0439. The maximum Gasteiger partial charge on any atom is 0.271 e. The van der Waals surface area contributed by atoms with Crippen LogP contribution < -0.4 is 5.56 Å². The second kappa shape index (κ2) is 4.85. The Labute approximate surface area is 117 Å². The fourth-order valence-corrected chi connectivity index (χ4v) is 2.40. The van der Waals surface area contributed by atoms with Gasteiger partial charge in [-0.25, -0.2) is 4.68 Å². The molecule has 100 valence electrons. The number of hydrogen-bond donors (Lipinski definition) is 1. The van der Waals surface area contributed by atoms with Crippen molar-refractivity contribution in [2.75, 3.05) is 0 Å². The first-order valence-corrected chi connectivity index (χ1v) is 6.61. The lowest BCUT2D eigenvalue weighted by Crippen LogP contribution is -2.14. The van der Waals surface area contributed by atoms with Crippen molar-refractivity contribution in [2.45, 2.75) is 13.8 Å². The van der Waals surface area contributed by atoms with Crippen molar-refractivity contribution in [2.24, 2.45) is 0 Å². The highest BCUT2D eigenvalue weighted by atomic mass is 16.1. The van der Waals surface area contributed by atoms with E-state index in [1.807, 2.05) is 62.4 Å². The lowest BCUT2D eigenvalue weighted by molar-refractivity contribution is 0.845. The Bertz CT molecular complexity index is 812. The molecule has 0 spiro atoms. The number of nitrogens with zero attached hydrogens (tertiary/aromatic N) is 1. The normalized spacial score (nSPS) is 10.7. The van der Waals surface area contributed by atoms with Gasteiger partial charge in [0.15, 0.2) is 0 Å². The van der Waals surface area contributed by atoms with E-state index in [1.165, 1.54) is 0 Å². The number of nitrogens with one attached hydrogen (secondary N) is 1. The molecular weight excluding hydrogens is 248 g/mol. The van der Waals surface area contributed by atoms with Crippen LogP contribution in [0.15, 0.2) is 59.4 Å². The fourth-order valence-electron chi connectivity index (χ4n) is 2.40. The van der Waals surface area contributed by atoms with Crippen molar-refractivity contribution in [3.05, 3.63) is 76.1 Å². The molecule has 0 atom stereocenters. The molecule has 0 aliphatic heterocycles. The maximum atomic E-state index is 12.2. The van der Waals surface area contributed by atoms with Crippen LogP contribution in [0.25, 0.3) is 16.9 Å². The third-order valence-corrected chi connectivity index (χ3v) is 3.51. The van der Waals surface area contributed by atoms with Gasteiger partial charge < -0.3 is 0 Å². The number of aryl methyl sites for hydroxylation is 2. The fraction of sp³-hybridized carbons (Fsp3) is 0.118. The molecule has 0 unspecified atom stereocenters. The van der Waals surface area contributed by atoms with Crippen molar-refractivity contribution in [3.63, 3.8) is 0 Å². The van der Waals surface area contributed by atoms with Gasteiger partial charge in [0, 0.05) is 11.6 Å². The van der Waals surface area contributed by atoms with Crippen LogP contribution in [0.4, 0.5) is 0 Å². The Kier molecular flexibility index (Phi) is 3.03. The van der Waals surface area contributed by atoms with E-state index < -0.39 is 0 Å². The standard InChI is InChI=1S/C17H16N2O/c1-12-7-3-5-9-14(12)15-11-17(20)19(18-15)16-10-6-4-8-13(16)2/h3-11,18H,1-2H3. The summed E-state index contributed by atoms with van der Waals surface area (Å²) in [7, 11) is 0. The number of aromatic nitrogens is 2. The van der Waals surface area contributed by atoms with Gasteiger partial charge in [-0.05, 0) is 31.0 Å². The summed E-state index contributed by atoms with van der Waals surface area (Å²) < 4.78 is 1.59. The molecule has 1 heterocycles. The summed E-state index contributed by atoms with van der Waals surface area (Å²) in [6.45, 7) is 4.04. The van der Waals surface area contributed by atoms with E-state index in [4.69, 9.17) is 0 Å². The zero-order valence-electron chi connectivity index (χ0n) is 11.6. The second-order valence-corrected chi connectivity index (χ2v) is 4.94. The summed E-state index contributed by atoms with van der Waals surface area (Å²) in [5, 5.41) is 3.20. The third-order valence-electron chi connectivity index (χ3n) is 3.51. The molecule has 0 saturated heterocycles. The Morgan fingerprint density at radius 3 is 2.25 bits per heavy atom. The van der Waals surface area contributed by atoms with Crippen LogP contribution in [-0.2, 0) is 0 Å². The number of para-hydroxylation sites is 1. The predicted octanol–water partition coefficient (Wildman–Crippen LogP) is 3.45. The van der Waals surface area contributed by atoms with Crippen LogP contribution in [-0.4, -0.2) is 9.78 Å². The first-order valence-electron chi connectivity index (χ1n) is 6.61. The summed E-state index contributed by atoms with van der Waals surface area (Å²) in [6.07, 6.45) is 0. The number of benzene rings is 2. The van der Waals surface area contributed by atoms with Crippen LogP contribution in [0.1, 0.15) is 11.1 Å². The molecule has 20 heavy (non-hydrogen) atoms. The van der Waals surface area contributed by atoms with Crippen LogP contribution in [0, 0.1) is 13.8 Å². The van der Waals surface area contributed by atoms with E-state index in [2.05, 4.69) is 5.10 Å². The van der Waals surface area contributed by atoms with Crippen molar-refractivity contribution in [3.8, 4) is 16.9 Å². The molecule has 0 radical (unpaired) electrons. The highest BCUT2D eigenvalue weighted by Crippen LogP contribution is 2.21. The minimum Gasteiger partial charge on any atom is -0.290 e. The molecule has 3 nitrogen and oxygen atoms in total. The molecule has 0 aliphatic carbocycles. The Morgan fingerprint density at radius 1 is 0.900 bits per heavy atom. The summed E-state index contributed by atoms with van der Waals surface area (Å²) in [4.78, 5) is 12.2. The Balaban J connectivity index is 2.16. The number of H-pyrrole nitrogens is 1. The number of rotatable bonds is 2. The number of aromatic amines is 1. The lowest BCUT2D eigenvalue weighted by atomic mass is 10.1. The monoisotopic (exact) mass is 264 g/mol. The van der Waals surface area contributed by atoms with Crippen LogP contribution in [0.2, 0.25) is 0 Å². The quantitative estimate of drug-likeness (QED) is 0.756. The van der Waals surface area contributed by atoms with Gasteiger partial charge in [-0.15, -0.1) is 0 Å².